The van der Waals surface area contributed by atoms with Crippen LogP contribution in [0.15, 0.2) is 18.2 Å². The van der Waals surface area contributed by atoms with Gasteiger partial charge in [-0.2, -0.15) is 0 Å². The summed E-state index contributed by atoms with van der Waals surface area (Å²) in [6.45, 7) is 1.95. The first kappa shape index (κ1) is 10.1. The van der Waals surface area contributed by atoms with Crippen molar-refractivity contribution in [3.8, 4) is 0 Å². The first-order valence-electron chi connectivity index (χ1n) is 4.09. The van der Waals surface area contributed by atoms with E-state index >= 15 is 0 Å². The summed E-state index contributed by atoms with van der Waals surface area (Å²) < 4.78 is 0. The summed E-state index contributed by atoms with van der Waals surface area (Å²) in [6, 6.07) is 5.54. The number of aryl methyl sites for hydroxylation is 1. The molecular weight excluding hydrogens is 186 g/mol. The van der Waals surface area contributed by atoms with Crippen LogP contribution in [0.5, 0.6) is 0 Å². The van der Waals surface area contributed by atoms with E-state index in [1.807, 2.05) is 19.1 Å². The van der Waals surface area contributed by atoms with Crippen LogP contribution < -0.4 is 5.32 Å². The zero-order valence-corrected chi connectivity index (χ0v) is 8.48. The van der Waals surface area contributed by atoms with Crippen LogP contribution in [0.1, 0.15) is 11.1 Å². The summed E-state index contributed by atoms with van der Waals surface area (Å²) in [6.07, 6.45) is 0.416. The van der Waals surface area contributed by atoms with Gasteiger partial charge in [-0.3, -0.25) is 4.79 Å². The summed E-state index contributed by atoms with van der Waals surface area (Å²) in [4.78, 5) is 11.1. The largest absolute Gasteiger partial charge is 0.359 e. The van der Waals surface area contributed by atoms with Gasteiger partial charge >= 0.3 is 0 Å². The van der Waals surface area contributed by atoms with Gasteiger partial charge in [-0.25, -0.2) is 0 Å². The molecule has 0 aliphatic heterocycles. The molecule has 1 N–H and O–H groups in total. The first-order chi connectivity index (χ1) is 6.13. The third kappa shape index (κ3) is 2.74. The van der Waals surface area contributed by atoms with Gasteiger partial charge in [0.25, 0.3) is 0 Å². The summed E-state index contributed by atoms with van der Waals surface area (Å²) in [7, 11) is 1.63. The molecule has 1 amide bonds. The molecule has 0 spiro atoms. The fourth-order valence-corrected chi connectivity index (χ4v) is 1.35. The van der Waals surface area contributed by atoms with Crippen molar-refractivity contribution in [2.45, 2.75) is 13.3 Å². The Kier molecular flexibility index (Phi) is 3.32. The van der Waals surface area contributed by atoms with E-state index in [0.29, 0.717) is 11.4 Å². The Labute approximate surface area is 82.9 Å². The highest BCUT2D eigenvalue weighted by atomic mass is 35.5. The fourth-order valence-electron chi connectivity index (χ4n) is 1.12. The molecule has 0 bridgehead atoms. The molecule has 0 saturated heterocycles. The Morgan fingerprint density at radius 2 is 2.23 bits per heavy atom. The SMILES string of the molecule is CNC(=O)Cc1ccc(Cl)cc1C. The van der Waals surface area contributed by atoms with E-state index in [9.17, 15) is 4.79 Å². The quantitative estimate of drug-likeness (QED) is 0.772. The van der Waals surface area contributed by atoms with Gasteiger partial charge in [0.15, 0.2) is 0 Å². The third-order valence-electron chi connectivity index (χ3n) is 1.93. The second-order valence-electron chi connectivity index (χ2n) is 2.92. The zero-order valence-electron chi connectivity index (χ0n) is 7.73. The number of amides is 1. The number of rotatable bonds is 2. The van der Waals surface area contributed by atoms with Crippen molar-refractivity contribution in [2.24, 2.45) is 0 Å². The second kappa shape index (κ2) is 4.28. The molecule has 0 heterocycles. The van der Waals surface area contributed by atoms with Crippen LogP contribution in [0, 0.1) is 6.92 Å². The van der Waals surface area contributed by atoms with E-state index < -0.39 is 0 Å². The van der Waals surface area contributed by atoms with Crippen LogP contribution in [-0.4, -0.2) is 13.0 Å². The number of hydrogen-bond donors (Lipinski definition) is 1. The Bertz CT molecular complexity index is 323. The van der Waals surface area contributed by atoms with Crippen molar-refractivity contribution in [3.05, 3.63) is 34.3 Å². The molecule has 0 aromatic heterocycles. The minimum Gasteiger partial charge on any atom is -0.359 e. The lowest BCUT2D eigenvalue weighted by atomic mass is 10.1. The maximum atomic E-state index is 11.1. The monoisotopic (exact) mass is 197 g/mol. The first-order valence-corrected chi connectivity index (χ1v) is 4.47. The van der Waals surface area contributed by atoms with Crippen molar-refractivity contribution >= 4 is 17.5 Å². The molecule has 0 saturated carbocycles. The van der Waals surface area contributed by atoms with Crippen molar-refractivity contribution in [1.82, 2.24) is 5.32 Å². The lowest BCUT2D eigenvalue weighted by molar-refractivity contribution is -0.119. The van der Waals surface area contributed by atoms with E-state index in [0.717, 1.165) is 11.1 Å². The summed E-state index contributed by atoms with van der Waals surface area (Å²) in [5.41, 5.74) is 2.07. The van der Waals surface area contributed by atoms with Gasteiger partial charge < -0.3 is 5.32 Å². The Balaban J connectivity index is 2.83. The van der Waals surface area contributed by atoms with Crippen molar-refractivity contribution in [1.29, 1.82) is 0 Å². The maximum Gasteiger partial charge on any atom is 0.224 e. The number of halogens is 1. The molecule has 13 heavy (non-hydrogen) atoms. The van der Waals surface area contributed by atoms with Gasteiger partial charge in [-0.15, -0.1) is 0 Å². The number of nitrogens with one attached hydrogen (secondary N) is 1. The summed E-state index contributed by atoms with van der Waals surface area (Å²) >= 11 is 5.79. The lowest BCUT2D eigenvalue weighted by Crippen LogP contribution is -2.20. The van der Waals surface area contributed by atoms with Crippen molar-refractivity contribution < 1.29 is 4.79 Å². The maximum absolute atomic E-state index is 11.1. The highest BCUT2D eigenvalue weighted by Crippen LogP contribution is 2.15. The van der Waals surface area contributed by atoms with Crippen molar-refractivity contribution in [3.63, 3.8) is 0 Å². The van der Waals surface area contributed by atoms with Crippen LogP contribution in [0.4, 0.5) is 0 Å². The van der Waals surface area contributed by atoms with Crippen LogP contribution >= 0.6 is 11.6 Å². The van der Waals surface area contributed by atoms with Gasteiger partial charge in [0.2, 0.25) is 5.91 Å². The van der Waals surface area contributed by atoms with Crippen molar-refractivity contribution in [2.75, 3.05) is 7.05 Å². The number of benzene rings is 1. The van der Waals surface area contributed by atoms with Gasteiger partial charge in [-0.05, 0) is 30.2 Å². The van der Waals surface area contributed by atoms with E-state index in [1.54, 1.807) is 13.1 Å². The standard InChI is InChI=1S/C10H12ClNO/c1-7-5-9(11)4-3-8(7)6-10(13)12-2/h3-5H,6H2,1-2H3,(H,12,13). The topological polar surface area (TPSA) is 29.1 Å². The molecule has 1 aromatic rings. The zero-order chi connectivity index (χ0) is 9.84. The Morgan fingerprint density at radius 1 is 1.54 bits per heavy atom. The van der Waals surface area contributed by atoms with Gasteiger partial charge in [-0.1, -0.05) is 17.7 Å². The van der Waals surface area contributed by atoms with E-state index in [1.165, 1.54) is 0 Å². The second-order valence-corrected chi connectivity index (χ2v) is 3.36. The normalized spacial score (nSPS) is 9.77. The molecule has 1 aromatic carbocycles. The van der Waals surface area contributed by atoms with E-state index in [2.05, 4.69) is 5.32 Å². The molecule has 0 fully saturated rings. The highest BCUT2D eigenvalue weighted by molar-refractivity contribution is 6.30. The average molecular weight is 198 g/mol. The highest BCUT2D eigenvalue weighted by Gasteiger charge is 2.03. The lowest BCUT2D eigenvalue weighted by Gasteiger charge is -2.04. The van der Waals surface area contributed by atoms with E-state index in [4.69, 9.17) is 11.6 Å². The molecule has 3 heteroatoms. The van der Waals surface area contributed by atoms with Gasteiger partial charge in [0, 0.05) is 12.1 Å². The minimum atomic E-state index is 0.0189. The Hall–Kier alpha value is -1.02. The predicted molar refractivity (Wildman–Crippen MR) is 54.0 cm³/mol. The summed E-state index contributed by atoms with van der Waals surface area (Å²) in [5.74, 6) is 0.0189. The Morgan fingerprint density at radius 3 is 2.77 bits per heavy atom. The number of likely N-dealkylation sites (N-methyl/N-ethyl adjacent to an activating group) is 1. The predicted octanol–water partition coefficient (Wildman–Crippen LogP) is 1.94. The molecule has 0 unspecified atom stereocenters. The number of carbonyl (C=O) groups is 1. The molecule has 0 aliphatic rings. The van der Waals surface area contributed by atoms with Crippen LogP contribution in [0.2, 0.25) is 5.02 Å². The van der Waals surface area contributed by atoms with E-state index in [-0.39, 0.29) is 5.91 Å². The number of hydrogen-bond acceptors (Lipinski definition) is 1. The van der Waals surface area contributed by atoms with Crippen LogP contribution in [0.3, 0.4) is 0 Å². The molecule has 70 valence electrons. The van der Waals surface area contributed by atoms with Crippen LogP contribution in [-0.2, 0) is 11.2 Å². The molecular formula is C10H12ClNO. The third-order valence-corrected chi connectivity index (χ3v) is 2.17. The molecule has 0 aliphatic carbocycles. The molecule has 1 rings (SSSR count). The van der Waals surface area contributed by atoms with Gasteiger partial charge in [0.05, 0.1) is 6.42 Å². The van der Waals surface area contributed by atoms with Gasteiger partial charge in [0.1, 0.15) is 0 Å². The molecule has 0 atom stereocenters. The summed E-state index contributed by atoms with van der Waals surface area (Å²) in [5, 5.41) is 3.29. The smallest absolute Gasteiger partial charge is 0.224 e. The molecule has 0 radical (unpaired) electrons. The molecule has 2 nitrogen and oxygen atoms in total. The fraction of sp³-hybridized carbons (Fsp3) is 0.300. The minimum absolute atomic E-state index is 0.0189. The van der Waals surface area contributed by atoms with Crippen LogP contribution in [0.25, 0.3) is 0 Å². The average Bonchev–Trinajstić information content (AvgIpc) is 2.09. The number of carbonyl (C=O) groups excluding carboxylic acids is 1.